The molecule has 2 aliphatic rings. The van der Waals surface area contributed by atoms with E-state index in [1.807, 2.05) is 23.5 Å². The van der Waals surface area contributed by atoms with E-state index in [9.17, 15) is 4.79 Å². The lowest BCUT2D eigenvalue weighted by Gasteiger charge is -2.35. The second kappa shape index (κ2) is 5.21. The molecule has 1 amide bonds. The van der Waals surface area contributed by atoms with Crippen molar-refractivity contribution in [3.8, 4) is 0 Å². The lowest BCUT2D eigenvalue weighted by Crippen LogP contribution is -2.43. The zero-order valence-electron chi connectivity index (χ0n) is 11.5. The van der Waals surface area contributed by atoms with Gasteiger partial charge in [0.25, 0.3) is 0 Å². The largest absolute Gasteiger partial charge is 0.340 e. The molecule has 4 nitrogen and oxygen atoms in total. The average molecular weight is 279 g/mol. The van der Waals surface area contributed by atoms with Crippen LogP contribution in [0.25, 0.3) is 0 Å². The summed E-state index contributed by atoms with van der Waals surface area (Å²) >= 11 is 1.73. The van der Waals surface area contributed by atoms with E-state index in [2.05, 4.69) is 9.88 Å². The fourth-order valence-electron chi connectivity index (χ4n) is 3.44. The van der Waals surface area contributed by atoms with Gasteiger partial charge in [-0.2, -0.15) is 0 Å². The van der Waals surface area contributed by atoms with Crippen molar-refractivity contribution in [3.05, 3.63) is 16.6 Å². The third-order valence-corrected chi connectivity index (χ3v) is 5.51. The van der Waals surface area contributed by atoms with Crippen LogP contribution < -0.4 is 0 Å². The summed E-state index contributed by atoms with van der Waals surface area (Å²) in [6, 6.07) is 0. The summed E-state index contributed by atoms with van der Waals surface area (Å²) in [7, 11) is 1.99. The smallest absolute Gasteiger partial charge is 0.222 e. The van der Waals surface area contributed by atoms with Crippen LogP contribution in [-0.2, 0) is 11.3 Å². The van der Waals surface area contributed by atoms with Crippen LogP contribution in [0.3, 0.4) is 0 Å². The van der Waals surface area contributed by atoms with Crippen LogP contribution in [0.4, 0.5) is 0 Å². The number of thiazole rings is 1. The molecule has 2 fully saturated rings. The summed E-state index contributed by atoms with van der Waals surface area (Å²) in [4.78, 5) is 20.7. The summed E-state index contributed by atoms with van der Waals surface area (Å²) in [5.41, 5.74) is 0.148. The van der Waals surface area contributed by atoms with Gasteiger partial charge in [0.15, 0.2) is 0 Å². The lowest BCUT2D eigenvalue weighted by atomic mass is 9.88. The van der Waals surface area contributed by atoms with Crippen molar-refractivity contribution in [1.82, 2.24) is 14.8 Å². The van der Waals surface area contributed by atoms with E-state index < -0.39 is 0 Å². The highest BCUT2D eigenvalue weighted by Gasteiger charge is 2.43. The summed E-state index contributed by atoms with van der Waals surface area (Å²) in [5, 5.41) is 3.24. The van der Waals surface area contributed by atoms with E-state index in [4.69, 9.17) is 0 Å². The van der Waals surface area contributed by atoms with E-state index in [1.54, 1.807) is 11.3 Å². The van der Waals surface area contributed by atoms with Gasteiger partial charge >= 0.3 is 0 Å². The Bertz CT molecular complexity index is 448. The van der Waals surface area contributed by atoms with Crippen LogP contribution in [0.5, 0.6) is 0 Å². The van der Waals surface area contributed by atoms with Gasteiger partial charge in [-0.15, -0.1) is 11.3 Å². The highest BCUT2D eigenvalue weighted by atomic mass is 32.1. The number of rotatable bonds is 2. The molecule has 104 valence electrons. The maximum Gasteiger partial charge on any atom is 0.222 e. The molecule has 5 heteroatoms. The van der Waals surface area contributed by atoms with Gasteiger partial charge in [0.1, 0.15) is 5.01 Å². The minimum absolute atomic E-state index is 0.148. The molecule has 1 spiro atoms. The number of hydrogen-bond acceptors (Lipinski definition) is 4. The molecule has 2 saturated heterocycles. The molecule has 0 aliphatic carbocycles. The number of carbonyl (C=O) groups is 1. The molecular formula is C14H21N3OS. The summed E-state index contributed by atoms with van der Waals surface area (Å²) in [5.74, 6) is 0.327. The predicted molar refractivity (Wildman–Crippen MR) is 76.0 cm³/mol. The first-order valence-electron chi connectivity index (χ1n) is 7.07. The van der Waals surface area contributed by atoms with Crippen molar-refractivity contribution >= 4 is 17.2 Å². The maximum atomic E-state index is 11.8. The monoisotopic (exact) mass is 279 g/mol. The Balaban J connectivity index is 1.64. The van der Waals surface area contributed by atoms with Gasteiger partial charge in [-0.3, -0.25) is 9.69 Å². The normalized spacial score (nSPS) is 29.1. The second-order valence-electron chi connectivity index (χ2n) is 5.73. The predicted octanol–water partition coefficient (Wildman–Crippen LogP) is 2.12. The number of aromatic nitrogens is 1. The fraction of sp³-hybridized carbons (Fsp3) is 0.714. The van der Waals surface area contributed by atoms with Crippen molar-refractivity contribution in [1.29, 1.82) is 0 Å². The lowest BCUT2D eigenvalue weighted by molar-refractivity contribution is -0.129. The summed E-state index contributed by atoms with van der Waals surface area (Å²) in [6.45, 7) is 3.17. The van der Waals surface area contributed by atoms with Crippen LogP contribution in [0.15, 0.2) is 11.6 Å². The Hall–Kier alpha value is -0.940. The highest BCUT2D eigenvalue weighted by Crippen LogP contribution is 2.38. The van der Waals surface area contributed by atoms with Gasteiger partial charge in [0.2, 0.25) is 5.91 Å². The molecule has 1 aromatic rings. The number of amides is 1. The van der Waals surface area contributed by atoms with Gasteiger partial charge in [-0.1, -0.05) is 0 Å². The van der Waals surface area contributed by atoms with E-state index in [1.165, 1.54) is 11.4 Å². The average Bonchev–Trinajstić information content (AvgIpc) is 2.93. The highest BCUT2D eigenvalue weighted by molar-refractivity contribution is 7.09. The number of hydrogen-bond donors (Lipinski definition) is 0. The van der Waals surface area contributed by atoms with Crippen LogP contribution >= 0.6 is 11.3 Å². The molecule has 0 radical (unpaired) electrons. The molecule has 19 heavy (non-hydrogen) atoms. The molecule has 3 heterocycles. The first kappa shape index (κ1) is 13.1. The van der Waals surface area contributed by atoms with E-state index in [-0.39, 0.29) is 5.54 Å². The van der Waals surface area contributed by atoms with Gasteiger partial charge in [-0.05, 0) is 32.2 Å². The molecular weight excluding hydrogens is 258 g/mol. The van der Waals surface area contributed by atoms with Crippen molar-refractivity contribution in [2.75, 3.05) is 20.1 Å². The fourth-order valence-corrected chi connectivity index (χ4v) is 4.10. The molecule has 0 unspecified atom stereocenters. The van der Waals surface area contributed by atoms with E-state index >= 15 is 0 Å². The Morgan fingerprint density at radius 1 is 1.37 bits per heavy atom. The van der Waals surface area contributed by atoms with Crippen LogP contribution in [-0.4, -0.2) is 46.4 Å². The van der Waals surface area contributed by atoms with Gasteiger partial charge in [0, 0.05) is 37.1 Å². The molecule has 1 aromatic heterocycles. The third kappa shape index (κ3) is 2.54. The van der Waals surface area contributed by atoms with Crippen LogP contribution in [0.1, 0.15) is 37.1 Å². The molecule has 0 bridgehead atoms. The van der Waals surface area contributed by atoms with E-state index in [0.717, 1.165) is 45.3 Å². The molecule has 0 aromatic carbocycles. The summed E-state index contributed by atoms with van der Waals surface area (Å²) in [6.07, 6.45) is 7.12. The van der Waals surface area contributed by atoms with Crippen LogP contribution in [0.2, 0.25) is 0 Å². The number of likely N-dealkylation sites (tertiary alicyclic amines) is 2. The first-order valence-corrected chi connectivity index (χ1v) is 7.95. The molecule has 0 N–H and O–H groups in total. The minimum atomic E-state index is 0.148. The first-order chi connectivity index (χ1) is 9.20. The topological polar surface area (TPSA) is 36.4 Å². The number of nitrogens with zero attached hydrogens (tertiary/aromatic N) is 3. The van der Waals surface area contributed by atoms with Gasteiger partial charge in [-0.25, -0.2) is 4.98 Å². The summed E-state index contributed by atoms with van der Waals surface area (Å²) < 4.78 is 0. The second-order valence-corrected chi connectivity index (χ2v) is 6.71. The van der Waals surface area contributed by atoms with Crippen molar-refractivity contribution < 1.29 is 4.79 Å². The minimum Gasteiger partial charge on any atom is -0.340 e. The quantitative estimate of drug-likeness (QED) is 0.832. The Labute approximate surface area is 118 Å². The van der Waals surface area contributed by atoms with Crippen molar-refractivity contribution in [3.63, 3.8) is 0 Å². The molecule has 3 rings (SSSR count). The third-order valence-electron chi connectivity index (χ3n) is 4.74. The SMILES string of the molecule is CN1C(=O)CC[C@]12CCCN(Cc1nccs1)CC2. The standard InChI is InChI=1S/C14H21N3OS/c1-16-13(18)3-5-14(16)4-2-8-17(9-6-14)11-12-15-7-10-19-12/h7,10H,2-6,8-9,11H2,1H3/t14-/m0/s1. The molecule has 2 aliphatic heterocycles. The number of carbonyl (C=O) groups excluding carboxylic acids is 1. The Morgan fingerprint density at radius 3 is 2.95 bits per heavy atom. The van der Waals surface area contributed by atoms with Gasteiger partial charge < -0.3 is 4.90 Å². The van der Waals surface area contributed by atoms with Crippen molar-refractivity contribution in [2.24, 2.45) is 0 Å². The van der Waals surface area contributed by atoms with E-state index in [0.29, 0.717) is 5.91 Å². The van der Waals surface area contributed by atoms with Gasteiger partial charge in [0.05, 0.1) is 6.54 Å². The Morgan fingerprint density at radius 2 is 2.26 bits per heavy atom. The maximum absolute atomic E-state index is 11.8. The zero-order valence-corrected chi connectivity index (χ0v) is 12.3. The van der Waals surface area contributed by atoms with Crippen molar-refractivity contribution in [2.45, 2.75) is 44.2 Å². The van der Waals surface area contributed by atoms with Crippen LogP contribution in [0, 0.1) is 0 Å². The molecule has 1 atom stereocenters. The molecule has 0 saturated carbocycles. The zero-order chi connectivity index (χ0) is 13.3. The Kier molecular flexibility index (Phi) is 3.58.